The van der Waals surface area contributed by atoms with Gasteiger partial charge in [-0.2, -0.15) is 0 Å². The fourth-order valence-corrected chi connectivity index (χ4v) is 2.49. The van der Waals surface area contributed by atoms with Crippen LogP contribution < -0.4 is 0 Å². The summed E-state index contributed by atoms with van der Waals surface area (Å²) in [6, 6.07) is 6.68. The standard InChI is InChI=1S/C17H24FNO/c1-12(2)19(11-14-8-9-14)10-13(3)17(20)15-6-4-5-7-16(15)18/h4-7,12-14H,8-11H2,1-3H3. The van der Waals surface area contributed by atoms with Gasteiger partial charge in [-0.3, -0.25) is 9.69 Å². The third-order valence-electron chi connectivity index (χ3n) is 4.02. The van der Waals surface area contributed by atoms with Gasteiger partial charge in [0.15, 0.2) is 5.78 Å². The van der Waals surface area contributed by atoms with E-state index in [4.69, 9.17) is 0 Å². The molecule has 0 radical (unpaired) electrons. The summed E-state index contributed by atoms with van der Waals surface area (Å²) in [7, 11) is 0. The summed E-state index contributed by atoms with van der Waals surface area (Å²) in [5.74, 6) is 0.119. The Hall–Kier alpha value is -1.22. The number of nitrogens with zero attached hydrogens (tertiary/aromatic N) is 1. The van der Waals surface area contributed by atoms with Crippen LogP contribution in [0.2, 0.25) is 0 Å². The molecule has 0 saturated heterocycles. The van der Waals surface area contributed by atoms with Crippen molar-refractivity contribution in [1.82, 2.24) is 4.90 Å². The Morgan fingerprint density at radius 3 is 2.50 bits per heavy atom. The van der Waals surface area contributed by atoms with Crippen molar-refractivity contribution in [2.24, 2.45) is 11.8 Å². The van der Waals surface area contributed by atoms with Gasteiger partial charge >= 0.3 is 0 Å². The monoisotopic (exact) mass is 277 g/mol. The first kappa shape index (κ1) is 15.2. The number of Topliss-reactive ketones (excluding diaryl/α,β-unsaturated/α-hetero) is 1. The van der Waals surface area contributed by atoms with E-state index in [0.29, 0.717) is 12.6 Å². The lowest BCUT2D eigenvalue weighted by atomic mass is 9.98. The molecule has 1 atom stereocenters. The number of halogens is 1. The van der Waals surface area contributed by atoms with E-state index < -0.39 is 5.82 Å². The average molecular weight is 277 g/mol. The maximum atomic E-state index is 13.7. The molecule has 1 unspecified atom stereocenters. The molecule has 3 heteroatoms. The van der Waals surface area contributed by atoms with Gasteiger partial charge in [-0.25, -0.2) is 4.39 Å². The van der Waals surface area contributed by atoms with Gasteiger partial charge in [0.1, 0.15) is 5.82 Å². The van der Waals surface area contributed by atoms with Crippen LogP contribution in [0.4, 0.5) is 4.39 Å². The van der Waals surface area contributed by atoms with Gasteiger partial charge < -0.3 is 0 Å². The third kappa shape index (κ3) is 3.89. The zero-order valence-electron chi connectivity index (χ0n) is 12.6. The molecule has 0 bridgehead atoms. The van der Waals surface area contributed by atoms with Gasteiger partial charge in [0.25, 0.3) is 0 Å². The number of hydrogen-bond donors (Lipinski definition) is 0. The van der Waals surface area contributed by atoms with Crippen molar-refractivity contribution in [1.29, 1.82) is 0 Å². The highest BCUT2D eigenvalue weighted by molar-refractivity contribution is 5.98. The number of carbonyl (C=O) groups excluding carboxylic acids is 1. The van der Waals surface area contributed by atoms with Crippen molar-refractivity contribution in [2.45, 2.75) is 39.7 Å². The van der Waals surface area contributed by atoms with Crippen molar-refractivity contribution in [3.05, 3.63) is 35.6 Å². The highest BCUT2D eigenvalue weighted by Crippen LogP contribution is 2.30. The van der Waals surface area contributed by atoms with Crippen LogP contribution in [0.3, 0.4) is 0 Å². The fourth-order valence-electron chi connectivity index (χ4n) is 2.49. The zero-order valence-corrected chi connectivity index (χ0v) is 12.6. The van der Waals surface area contributed by atoms with E-state index in [1.807, 2.05) is 6.92 Å². The van der Waals surface area contributed by atoms with E-state index in [9.17, 15) is 9.18 Å². The fraction of sp³-hybridized carbons (Fsp3) is 0.588. The van der Waals surface area contributed by atoms with Crippen molar-refractivity contribution >= 4 is 5.78 Å². The second kappa shape index (κ2) is 6.49. The van der Waals surface area contributed by atoms with Crippen LogP contribution in [0.15, 0.2) is 24.3 Å². The predicted octanol–water partition coefficient (Wildman–Crippen LogP) is 3.76. The molecule has 2 nitrogen and oxygen atoms in total. The summed E-state index contributed by atoms with van der Waals surface area (Å²) in [4.78, 5) is 14.7. The van der Waals surface area contributed by atoms with Crippen molar-refractivity contribution < 1.29 is 9.18 Å². The van der Waals surface area contributed by atoms with Gasteiger partial charge in [-0.15, -0.1) is 0 Å². The van der Waals surface area contributed by atoms with E-state index in [-0.39, 0.29) is 17.3 Å². The van der Waals surface area contributed by atoms with Crippen LogP contribution in [0, 0.1) is 17.7 Å². The van der Waals surface area contributed by atoms with Gasteiger partial charge in [-0.1, -0.05) is 19.1 Å². The molecule has 0 N–H and O–H groups in total. The van der Waals surface area contributed by atoms with E-state index in [1.54, 1.807) is 18.2 Å². The number of benzene rings is 1. The first-order valence-electron chi connectivity index (χ1n) is 7.51. The zero-order chi connectivity index (χ0) is 14.7. The maximum Gasteiger partial charge on any atom is 0.169 e. The Kier molecular flexibility index (Phi) is 4.92. The minimum Gasteiger partial charge on any atom is -0.300 e. The second-order valence-electron chi connectivity index (χ2n) is 6.24. The van der Waals surface area contributed by atoms with Crippen molar-refractivity contribution in [3.63, 3.8) is 0 Å². The summed E-state index contributed by atoms with van der Waals surface area (Å²) in [6.07, 6.45) is 2.61. The largest absolute Gasteiger partial charge is 0.300 e. The molecule has 1 aliphatic carbocycles. The summed E-state index contributed by atoms with van der Waals surface area (Å²) in [5, 5.41) is 0. The molecule has 1 aliphatic rings. The molecule has 110 valence electrons. The Bertz CT molecular complexity index is 468. The van der Waals surface area contributed by atoms with Gasteiger partial charge in [0.05, 0.1) is 5.56 Å². The molecular formula is C17H24FNO. The lowest BCUT2D eigenvalue weighted by molar-refractivity contribution is 0.0869. The maximum absolute atomic E-state index is 13.7. The predicted molar refractivity (Wildman–Crippen MR) is 79.3 cm³/mol. The Morgan fingerprint density at radius 1 is 1.30 bits per heavy atom. The second-order valence-corrected chi connectivity index (χ2v) is 6.24. The van der Waals surface area contributed by atoms with Gasteiger partial charge in [-0.05, 0) is 44.7 Å². The molecule has 0 heterocycles. The average Bonchev–Trinajstić information content (AvgIpc) is 3.21. The van der Waals surface area contributed by atoms with Crippen LogP contribution in [0.1, 0.15) is 44.0 Å². The number of ketones is 1. The molecule has 0 aliphatic heterocycles. The third-order valence-corrected chi connectivity index (χ3v) is 4.02. The van der Waals surface area contributed by atoms with Crippen molar-refractivity contribution in [3.8, 4) is 0 Å². The molecule has 1 fully saturated rings. The Labute approximate surface area is 121 Å². The molecule has 0 spiro atoms. The quantitative estimate of drug-likeness (QED) is 0.707. The van der Waals surface area contributed by atoms with E-state index in [2.05, 4.69) is 18.7 Å². The topological polar surface area (TPSA) is 20.3 Å². The molecule has 1 aromatic carbocycles. The minimum atomic E-state index is -0.414. The molecule has 1 saturated carbocycles. The smallest absolute Gasteiger partial charge is 0.169 e. The molecule has 0 amide bonds. The van der Waals surface area contributed by atoms with Crippen LogP contribution in [-0.2, 0) is 0 Å². The normalized spacial score (nSPS) is 16.7. The van der Waals surface area contributed by atoms with Gasteiger partial charge in [0, 0.05) is 25.0 Å². The molecule has 20 heavy (non-hydrogen) atoms. The molecular weight excluding hydrogens is 253 g/mol. The summed E-state index contributed by atoms with van der Waals surface area (Å²) in [6.45, 7) is 7.98. The highest BCUT2D eigenvalue weighted by Gasteiger charge is 2.28. The number of rotatable bonds is 7. The highest BCUT2D eigenvalue weighted by atomic mass is 19.1. The summed E-state index contributed by atoms with van der Waals surface area (Å²) in [5.41, 5.74) is 0.218. The number of carbonyl (C=O) groups is 1. The van der Waals surface area contributed by atoms with Crippen LogP contribution in [0.25, 0.3) is 0 Å². The molecule has 1 aromatic rings. The Balaban J connectivity index is 2.00. The summed E-state index contributed by atoms with van der Waals surface area (Å²) >= 11 is 0. The lowest BCUT2D eigenvalue weighted by Crippen LogP contribution is -2.38. The van der Waals surface area contributed by atoms with E-state index >= 15 is 0 Å². The first-order valence-corrected chi connectivity index (χ1v) is 7.51. The lowest BCUT2D eigenvalue weighted by Gasteiger charge is -2.29. The number of hydrogen-bond acceptors (Lipinski definition) is 2. The molecule has 2 rings (SSSR count). The SMILES string of the molecule is CC(CN(CC1CC1)C(C)C)C(=O)c1ccccc1F. The van der Waals surface area contributed by atoms with Crippen LogP contribution in [0.5, 0.6) is 0 Å². The minimum absolute atomic E-state index is 0.0930. The summed E-state index contributed by atoms with van der Waals surface area (Å²) < 4.78 is 13.7. The van der Waals surface area contributed by atoms with Crippen molar-refractivity contribution in [2.75, 3.05) is 13.1 Å². The van der Waals surface area contributed by atoms with E-state index in [0.717, 1.165) is 12.5 Å². The van der Waals surface area contributed by atoms with E-state index in [1.165, 1.54) is 18.9 Å². The Morgan fingerprint density at radius 2 is 1.95 bits per heavy atom. The first-order chi connectivity index (χ1) is 9.49. The van der Waals surface area contributed by atoms with Crippen LogP contribution >= 0.6 is 0 Å². The van der Waals surface area contributed by atoms with Gasteiger partial charge in [0.2, 0.25) is 0 Å². The van der Waals surface area contributed by atoms with Crippen LogP contribution in [-0.4, -0.2) is 29.8 Å². The molecule has 0 aromatic heterocycles.